The monoisotopic (exact) mass is 286 g/mol. The van der Waals surface area contributed by atoms with E-state index in [0.29, 0.717) is 18.0 Å². The molecule has 2 aromatic rings. The van der Waals surface area contributed by atoms with Gasteiger partial charge in [-0.15, -0.1) is 0 Å². The topological polar surface area (TPSA) is 81.5 Å². The van der Waals surface area contributed by atoms with Crippen molar-refractivity contribution < 1.29 is 14.5 Å². The number of carbonyl (C=O) groups excluding carboxylic acids is 1. The Kier molecular flexibility index (Phi) is 4.50. The zero-order chi connectivity index (χ0) is 15.2. The van der Waals surface area contributed by atoms with Crippen LogP contribution in [-0.4, -0.2) is 10.8 Å². The minimum absolute atomic E-state index is 0.0541. The third-order valence-corrected chi connectivity index (χ3v) is 2.73. The maximum absolute atomic E-state index is 10.9. The molecule has 0 unspecified atom stereocenters. The van der Waals surface area contributed by atoms with Gasteiger partial charge in [0.25, 0.3) is 5.69 Å². The number of hydrogen-bond donors (Lipinski definition) is 1. The molecule has 0 bridgehead atoms. The van der Waals surface area contributed by atoms with E-state index in [0.717, 1.165) is 5.56 Å². The van der Waals surface area contributed by atoms with Crippen molar-refractivity contribution in [2.45, 2.75) is 13.5 Å². The number of amides is 1. The van der Waals surface area contributed by atoms with Gasteiger partial charge >= 0.3 is 0 Å². The number of ether oxygens (including phenoxy) is 1. The normalized spacial score (nSPS) is 9.95. The Bertz CT molecular complexity index is 636. The van der Waals surface area contributed by atoms with Gasteiger partial charge in [0.15, 0.2) is 0 Å². The van der Waals surface area contributed by atoms with Crippen molar-refractivity contribution in [3.8, 4) is 5.75 Å². The van der Waals surface area contributed by atoms with Gasteiger partial charge in [-0.1, -0.05) is 0 Å². The van der Waals surface area contributed by atoms with Gasteiger partial charge in [0.05, 0.1) is 4.92 Å². The van der Waals surface area contributed by atoms with Crippen LogP contribution in [0.4, 0.5) is 11.4 Å². The highest BCUT2D eigenvalue weighted by molar-refractivity contribution is 5.88. The highest BCUT2D eigenvalue weighted by Crippen LogP contribution is 2.18. The van der Waals surface area contributed by atoms with Gasteiger partial charge in [0.2, 0.25) is 5.91 Å². The predicted octanol–water partition coefficient (Wildman–Crippen LogP) is 3.13. The van der Waals surface area contributed by atoms with E-state index in [4.69, 9.17) is 4.74 Å². The first-order chi connectivity index (χ1) is 10.0. The van der Waals surface area contributed by atoms with Gasteiger partial charge in [0.1, 0.15) is 12.4 Å². The smallest absolute Gasteiger partial charge is 0.269 e. The quantitative estimate of drug-likeness (QED) is 0.676. The van der Waals surface area contributed by atoms with Crippen LogP contribution in [-0.2, 0) is 11.4 Å². The summed E-state index contributed by atoms with van der Waals surface area (Å²) in [4.78, 5) is 21.0. The molecule has 0 heterocycles. The predicted molar refractivity (Wildman–Crippen MR) is 78.2 cm³/mol. The maximum Gasteiger partial charge on any atom is 0.269 e. The largest absolute Gasteiger partial charge is 0.489 e. The van der Waals surface area contributed by atoms with E-state index in [-0.39, 0.29) is 11.6 Å². The summed E-state index contributed by atoms with van der Waals surface area (Å²) in [5.41, 5.74) is 1.59. The minimum Gasteiger partial charge on any atom is -0.489 e. The fraction of sp³-hybridized carbons (Fsp3) is 0.133. The summed E-state index contributed by atoms with van der Waals surface area (Å²) in [6, 6.07) is 13.2. The molecule has 0 radical (unpaired) electrons. The molecule has 0 atom stereocenters. The van der Waals surface area contributed by atoms with E-state index >= 15 is 0 Å². The van der Waals surface area contributed by atoms with Crippen molar-refractivity contribution in [3.63, 3.8) is 0 Å². The molecular formula is C15H14N2O4. The maximum atomic E-state index is 10.9. The molecule has 0 aliphatic rings. The second kappa shape index (κ2) is 6.51. The van der Waals surface area contributed by atoms with E-state index < -0.39 is 4.92 Å². The lowest BCUT2D eigenvalue weighted by Crippen LogP contribution is -2.05. The summed E-state index contributed by atoms with van der Waals surface area (Å²) in [6.07, 6.45) is 0. The molecule has 0 saturated heterocycles. The number of nitrogens with zero attached hydrogens (tertiary/aromatic N) is 1. The number of hydrogen-bond acceptors (Lipinski definition) is 4. The number of anilines is 1. The summed E-state index contributed by atoms with van der Waals surface area (Å²) >= 11 is 0. The molecule has 0 saturated carbocycles. The van der Waals surface area contributed by atoms with Crippen molar-refractivity contribution in [3.05, 3.63) is 64.2 Å². The second-order valence-electron chi connectivity index (χ2n) is 4.42. The van der Waals surface area contributed by atoms with E-state index in [2.05, 4.69) is 5.32 Å². The summed E-state index contributed by atoms with van der Waals surface area (Å²) in [6.45, 7) is 1.76. The van der Waals surface area contributed by atoms with Crippen LogP contribution in [0.3, 0.4) is 0 Å². The first kappa shape index (κ1) is 14.5. The van der Waals surface area contributed by atoms with Crippen LogP contribution >= 0.6 is 0 Å². The van der Waals surface area contributed by atoms with Crippen molar-refractivity contribution >= 4 is 17.3 Å². The third-order valence-electron chi connectivity index (χ3n) is 2.73. The van der Waals surface area contributed by atoms with Gasteiger partial charge in [-0.2, -0.15) is 0 Å². The lowest BCUT2D eigenvalue weighted by molar-refractivity contribution is -0.384. The fourth-order valence-corrected chi connectivity index (χ4v) is 1.72. The minimum atomic E-state index is -0.439. The van der Waals surface area contributed by atoms with Gasteiger partial charge in [-0.25, -0.2) is 0 Å². The van der Waals surface area contributed by atoms with E-state index in [1.165, 1.54) is 19.1 Å². The van der Waals surface area contributed by atoms with Crippen molar-refractivity contribution in [2.24, 2.45) is 0 Å². The average Bonchev–Trinajstić information content (AvgIpc) is 2.46. The van der Waals surface area contributed by atoms with Gasteiger partial charge in [-0.05, 0) is 42.0 Å². The van der Waals surface area contributed by atoms with Gasteiger partial charge in [-0.3, -0.25) is 14.9 Å². The van der Waals surface area contributed by atoms with Crippen LogP contribution in [0.5, 0.6) is 5.75 Å². The Balaban J connectivity index is 1.93. The van der Waals surface area contributed by atoms with Crippen LogP contribution in [0.25, 0.3) is 0 Å². The molecule has 0 fully saturated rings. The standard InChI is InChI=1S/C15H14N2O4/c1-11(18)16-13-4-8-15(9-5-13)21-10-12-2-6-14(7-3-12)17(19)20/h2-9H,10H2,1H3,(H,16,18). The molecule has 1 N–H and O–H groups in total. The zero-order valence-electron chi connectivity index (χ0n) is 11.4. The number of nitro benzene ring substituents is 1. The lowest BCUT2D eigenvalue weighted by Gasteiger charge is -2.07. The number of nitrogens with one attached hydrogen (secondary N) is 1. The van der Waals surface area contributed by atoms with Crippen molar-refractivity contribution in [1.82, 2.24) is 0 Å². The molecule has 2 rings (SSSR count). The van der Waals surface area contributed by atoms with Gasteiger partial charge in [0, 0.05) is 24.7 Å². The number of nitro groups is 1. The summed E-state index contributed by atoms with van der Waals surface area (Å²) in [5, 5.41) is 13.2. The van der Waals surface area contributed by atoms with E-state index in [9.17, 15) is 14.9 Å². The third kappa shape index (κ3) is 4.31. The Morgan fingerprint density at radius 2 is 1.76 bits per heavy atom. The highest BCUT2D eigenvalue weighted by atomic mass is 16.6. The molecular weight excluding hydrogens is 272 g/mol. The molecule has 2 aromatic carbocycles. The summed E-state index contributed by atoms with van der Waals surface area (Å²) < 4.78 is 5.57. The van der Waals surface area contributed by atoms with Crippen molar-refractivity contribution in [1.29, 1.82) is 0 Å². The SMILES string of the molecule is CC(=O)Nc1ccc(OCc2ccc([N+](=O)[O-])cc2)cc1. The number of carbonyl (C=O) groups is 1. The molecule has 1 amide bonds. The van der Waals surface area contributed by atoms with Crippen LogP contribution in [0.15, 0.2) is 48.5 Å². The van der Waals surface area contributed by atoms with Crippen LogP contribution in [0.1, 0.15) is 12.5 Å². The van der Waals surface area contributed by atoms with Crippen LogP contribution in [0.2, 0.25) is 0 Å². The molecule has 21 heavy (non-hydrogen) atoms. The first-order valence-corrected chi connectivity index (χ1v) is 6.28. The molecule has 0 aliphatic carbocycles. The lowest BCUT2D eigenvalue weighted by atomic mass is 10.2. The highest BCUT2D eigenvalue weighted by Gasteiger charge is 2.04. The summed E-state index contributed by atoms with van der Waals surface area (Å²) in [5.74, 6) is 0.525. The zero-order valence-corrected chi connectivity index (χ0v) is 11.4. The summed E-state index contributed by atoms with van der Waals surface area (Å²) in [7, 11) is 0. The Hall–Kier alpha value is -2.89. The van der Waals surface area contributed by atoms with Crippen LogP contribution in [0, 0.1) is 10.1 Å². The molecule has 6 heteroatoms. The molecule has 0 aliphatic heterocycles. The van der Waals surface area contributed by atoms with E-state index in [1.54, 1.807) is 36.4 Å². The molecule has 0 aromatic heterocycles. The molecule has 0 spiro atoms. The molecule has 6 nitrogen and oxygen atoms in total. The first-order valence-electron chi connectivity index (χ1n) is 6.28. The number of non-ortho nitro benzene ring substituents is 1. The van der Waals surface area contributed by atoms with Gasteiger partial charge < -0.3 is 10.1 Å². The Morgan fingerprint density at radius 1 is 1.14 bits per heavy atom. The average molecular weight is 286 g/mol. The number of benzene rings is 2. The number of rotatable bonds is 5. The second-order valence-corrected chi connectivity index (χ2v) is 4.42. The van der Waals surface area contributed by atoms with E-state index in [1.807, 2.05) is 0 Å². The fourth-order valence-electron chi connectivity index (χ4n) is 1.72. The Morgan fingerprint density at radius 3 is 2.29 bits per heavy atom. The van der Waals surface area contributed by atoms with Crippen molar-refractivity contribution in [2.75, 3.05) is 5.32 Å². The Labute approximate surface area is 121 Å². The van der Waals surface area contributed by atoms with Crippen LogP contribution < -0.4 is 10.1 Å². The molecule has 108 valence electrons.